The van der Waals surface area contributed by atoms with Crippen molar-refractivity contribution in [3.63, 3.8) is 0 Å². The van der Waals surface area contributed by atoms with Gasteiger partial charge in [0.15, 0.2) is 12.1 Å². The van der Waals surface area contributed by atoms with Crippen LogP contribution in [0.1, 0.15) is 22.1 Å². The van der Waals surface area contributed by atoms with E-state index in [1.54, 1.807) is 5.41 Å². The fourth-order valence-electron chi connectivity index (χ4n) is 4.57. The van der Waals surface area contributed by atoms with Crippen molar-refractivity contribution >= 4 is 69.4 Å². The molecule has 1 saturated heterocycles. The summed E-state index contributed by atoms with van der Waals surface area (Å²) < 4.78 is 12.0. The first-order valence-corrected chi connectivity index (χ1v) is 15.9. The molecule has 3 aromatic rings. The molecule has 8 nitrogen and oxygen atoms in total. The van der Waals surface area contributed by atoms with Crippen molar-refractivity contribution in [1.29, 1.82) is 0 Å². The van der Waals surface area contributed by atoms with Crippen molar-refractivity contribution in [2.24, 2.45) is 0 Å². The second-order valence-corrected chi connectivity index (χ2v) is 12.1. The van der Waals surface area contributed by atoms with Crippen molar-refractivity contribution < 1.29 is 28.7 Å². The zero-order valence-corrected chi connectivity index (χ0v) is 24.9. The fraction of sp³-hybridized carbons (Fsp3) is 0.241. The Morgan fingerprint density at radius 2 is 1.65 bits per heavy atom. The number of carbonyl (C=O) groups is 4. The van der Waals surface area contributed by atoms with E-state index in [2.05, 4.69) is 27.9 Å². The van der Waals surface area contributed by atoms with Crippen LogP contribution in [0.2, 0.25) is 0 Å². The molecule has 1 N–H and O–H groups in total. The van der Waals surface area contributed by atoms with E-state index in [1.165, 1.54) is 28.0 Å². The number of alkyl halides is 1. The third-order valence-electron chi connectivity index (χ3n) is 6.43. The molecule has 0 saturated carbocycles. The van der Waals surface area contributed by atoms with E-state index < -0.39 is 41.4 Å². The Morgan fingerprint density at radius 3 is 2.25 bits per heavy atom. The number of ether oxygens (including phenoxy) is 2. The zero-order chi connectivity index (χ0) is 28.1. The summed E-state index contributed by atoms with van der Waals surface area (Å²) in [7, 11) is 0. The predicted octanol–water partition coefficient (Wildman–Crippen LogP) is 4.25. The van der Waals surface area contributed by atoms with Gasteiger partial charge in [-0.3, -0.25) is 9.59 Å². The Labute approximate surface area is 253 Å². The first kappa shape index (κ1) is 28.4. The number of hydrogen-bond donors (Lipinski definition) is 1. The van der Waals surface area contributed by atoms with Gasteiger partial charge < -0.3 is 19.7 Å². The molecule has 40 heavy (non-hydrogen) atoms. The number of esters is 2. The van der Waals surface area contributed by atoms with Crippen LogP contribution in [0, 0.1) is 0 Å². The van der Waals surface area contributed by atoms with Crippen molar-refractivity contribution in [2.45, 2.75) is 30.0 Å². The summed E-state index contributed by atoms with van der Waals surface area (Å²) in [6, 6.07) is 20.1. The van der Waals surface area contributed by atoms with Crippen LogP contribution in [-0.2, 0) is 35.1 Å². The molecular formula is C29H25IN2O6S2. The molecular weight excluding hydrogens is 663 g/mol. The summed E-state index contributed by atoms with van der Waals surface area (Å²) in [4.78, 5) is 55.1. The van der Waals surface area contributed by atoms with E-state index in [1.807, 2.05) is 78.2 Å². The highest BCUT2D eigenvalue weighted by Crippen LogP contribution is 2.41. The number of thiophene rings is 1. The van der Waals surface area contributed by atoms with E-state index in [0.717, 1.165) is 16.0 Å². The number of rotatable bonds is 10. The number of nitrogens with zero attached hydrogens (tertiary/aromatic N) is 1. The second kappa shape index (κ2) is 13.0. The summed E-state index contributed by atoms with van der Waals surface area (Å²) in [6.45, 7) is 0.165. The molecule has 3 atom stereocenters. The Balaban J connectivity index is 1.40. The summed E-state index contributed by atoms with van der Waals surface area (Å²) in [6.07, 6.45) is -0.601. The van der Waals surface area contributed by atoms with Crippen LogP contribution in [0.4, 0.5) is 0 Å². The Hall–Kier alpha value is -3.16. The molecule has 0 aliphatic carbocycles. The van der Waals surface area contributed by atoms with Gasteiger partial charge in [0.2, 0.25) is 11.8 Å². The van der Waals surface area contributed by atoms with Crippen LogP contribution in [0.3, 0.4) is 0 Å². The molecule has 1 aromatic heterocycles. The maximum absolute atomic E-state index is 13.9. The maximum Gasteiger partial charge on any atom is 0.337 e. The van der Waals surface area contributed by atoms with Gasteiger partial charge in [-0.05, 0) is 28.0 Å². The minimum Gasteiger partial charge on any atom is -0.461 e. The van der Waals surface area contributed by atoms with E-state index in [0.29, 0.717) is 4.43 Å². The molecule has 2 amide bonds. The van der Waals surface area contributed by atoms with E-state index >= 15 is 0 Å². The Bertz CT molecular complexity index is 1360. The van der Waals surface area contributed by atoms with Crippen LogP contribution < -0.4 is 5.32 Å². The molecule has 0 spiro atoms. The fourth-order valence-corrected chi connectivity index (χ4v) is 6.70. The van der Waals surface area contributed by atoms with Crippen LogP contribution >= 0.6 is 45.7 Å². The first-order chi connectivity index (χ1) is 19.5. The van der Waals surface area contributed by atoms with Gasteiger partial charge in [0.1, 0.15) is 18.0 Å². The smallest absolute Gasteiger partial charge is 0.337 e. The molecule has 2 unspecified atom stereocenters. The first-order valence-electron chi connectivity index (χ1n) is 12.5. The number of thioether (sulfide) groups is 1. The lowest BCUT2D eigenvalue weighted by molar-refractivity contribution is -0.167. The number of hydrogen-bond acceptors (Lipinski definition) is 8. The molecule has 0 bridgehead atoms. The third-order valence-corrected chi connectivity index (χ3v) is 8.91. The molecule has 0 radical (unpaired) electrons. The molecule has 11 heteroatoms. The third kappa shape index (κ3) is 6.11. The number of benzene rings is 2. The minimum atomic E-state index is -1.30. The highest BCUT2D eigenvalue weighted by atomic mass is 127. The SMILES string of the molecule is O=C(Cc1cccs1)NC1C(=O)N2C(C(=O)OC(c3ccccc3)c3ccccc3)C(C(=O)OCCI)=CS[C@H]12. The molecule has 206 valence electrons. The number of nitrogens with one attached hydrogen (secondary N) is 1. The molecule has 2 aromatic carbocycles. The Kier molecular flexibility index (Phi) is 9.22. The van der Waals surface area contributed by atoms with Crippen LogP contribution in [0.5, 0.6) is 0 Å². The number of fused-ring (bicyclic) bond motifs is 1. The highest BCUT2D eigenvalue weighted by Gasteiger charge is 2.57. The number of carbonyl (C=O) groups excluding carboxylic acids is 4. The van der Waals surface area contributed by atoms with Gasteiger partial charge in [-0.2, -0.15) is 0 Å². The standard InChI is InChI=1S/C29H25IN2O6S2/c30-13-14-37-28(35)21-17-40-27-23(31-22(33)16-20-12-7-15-39-20)26(34)32(27)24(21)29(36)38-25(18-8-3-1-4-9-18)19-10-5-2-6-11-19/h1-12,15,17,23-25,27H,13-14,16H2,(H,31,33)/t23?,24?,27-/m1/s1. The topological polar surface area (TPSA) is 102 Å². The van der Waals surface area contributed by atoms with Gasteiger partial charge in [-0.25, -0.2) is 9.59 Å². The second-order valence-electron chi connectivity index (χ2n) is 9.01. The van der Waals surface area contributed by atoms with Crippen molar-refractivity contribution in [2.75, 3.05) is 11.0 Å². The highest BCUT2D eigenvalue weighted by molar-refractivity contribution is 14.1. The lowest BCUT2D eigenvalue weighted by Crippen LogP contribution is -2.74. The summed E-state index contributed by atoms with van der Waals surface area (Å²) in [5.41, 5.74) is 1.53. The van der Waals surface area contributed by atoms with Crippen molar-refractivity contribution in [1.82, 2.24) is 10.2 Å². The summed E-state index contributed by atoms with van der Waals surface area (Å²) in [5, 5.41) is 5.66. The maximum atomic E-state index is 13.9. The number of halogens is 1. The average Bonchev–Trinajstić information content (AvgIpc) is 3.50. The predicted molar refractivity (Wildman–Crippen MR) is 161 cm³/mol. The van der Waals surface area contributed by atoms with Crippen LogP contribution in [-0.4, -0.2) is 57.1 Å². The van der Waals surface area contributed by atoms with E-state index in [4.69, 9.17) is 9.47 Å². The monoisotopic (exact) mass is 688 g/mol. The van der Waals surface area contributed by atoms with Crippen molar-refractivity contribution in [3.8, 4) is 0 Å². The zero-order valence-electron chi connectivity index (χ0n) is 21.1. The van der Waals surface area contributed by atoms with Gasteiger partial charge >= 0.3 is 11.9 Å². The largest absolute Gasteiger partial charge is 0.461 e. The van der Waals surface area contributed by atoms with Crippen LogP contribution in [0.15, 0.2) is 89.2 Å². The number of amides is 2. The molecule has 3 heterocycles. The summed E-state index contributed by atoms with van der Waals surface area (Å²) in [5.74, 6) is -2.18. The van der Waals surface area contributed by atoms with Crippen LogP contribution in [0.25, 0.3) is 0 Å². The number of β-lactam (4-membered cyclic amide) rings is 1. The lowest BCUT2D eigenvalue weighted by atomic mass is 9.97. The normalized spacial score (nSPS) is 19.8. The molecule has 2 aliphatic rings. The molecule has 2 aliphatic heterocycles. The average molecular weight is 689 g/mol. The van der Waals surface area contributed by atoms with Crippen molar-refractivity contribution in [3.05, 3.63) is 105 Å². The molecule has 5 rings (SSSR count). The van der Waals surface area contributed by atoms with Gasteiger partial charge in [0.05, 0.1) is 12.0 Å². The van der Waals surface area contributed by atoms with Gasteiger partial charge in [0, 0.05) is 9.30 Å². The summed E-state index contributed by atoms with van der Waals surface area (Å²) >= 11 is 4.74. The van der Waals surface area contributed by atoms with Gasteiger partial charge in [-0.15, -0.1) is 23.1 Å². The minimum absolute atomic E-state index is 0.0349. The van der Waals surface area contributed by atoms with E-state index in [9.17, 15) is 19.2 Å². The quantitative estimate of drug-likeness (QED) is 0.147. The molecule has 1 fully saturated rings. The van der Waals surface area contributed by atoms with Gasteiger partial charge in [0.25, 0.3) is 0 Å². The van der Waals surface area contributed by atoms with E-state index in [-0.39, 0.29) is 24.5 Å². The van der Waals surface area contributed by atoms with Gasteiger partial charge in [-0.1, -0.05) is 89.3 Å². The lowest BCUT2D eigenvalue weighted by Gasteiger charge is -2.51. The Morgan fingerprint density at radius 1 is 0.975 bits per heavy atom.